The van der Waals surface area contributed by atoms with E-state index < -0.39 is 0 Å². The summed E-state index contributed by atoms with van der Waals surface area (Å²) in [6, 6.07) is 36.0. The van der Waals surface area contributed by atoms with Crippen LogP contribution in [0.5, 0.6) is 0 Å². The Hall–Kier alpha value is -3.56. The van der Waals surface area contributed by atoms with Gasteiger partial charge in [-0.1, -0.05) is 109 Å². The van der Waals surface area contributed by atoms with Gasteiger partial charge < -0.3 is 0 Å². The number of benzene rings is 4. The van der Waals surface area contributed by atoms with Crippen molar-refractivity contribution in [3.8, 4) is 45.0 Å². The molecule has 1 aliphatic carbocycles. The monoisotopic (exact) mass is 502 g/mol. The van der Waals surface area contributed by atoms with E-state index in [-0.39, 0.29) is 5.41 Å². The summed E-state index contributed by atoms with van der Waals surface area (Å²) in [5, 5.41) is 0. The number of halogens is 1. The van der Waals surface area contributed by atoms with Gasteiger partial charge in [-0.25, -0.2) is 9.97 Å². The Morgan fingerprint density at radius 1 is 0.559 bits per heavy atom. The summed E-state index contributed by atoms with van der Waals surface area (Å²) < 4.78 is 1.03. The molecule has 1 heterocycles. The van der Waals surface area contributed by atoms with Crippen molar-refractivity contribution >= 4 is 15.9 Å². The molecular formula is C31H23BrN2. The number of aromatic nitrogens is 2. The first kappa shape index (κ1) is 21.0. The number of hydrogen-bond acceptors (Lipinski definition) is 2. The molecule has 0 spiro atoms. The molecule has 0 radical (unpaired) electrons. The highest BCUT2D eigenvalue weighted by Gasteiger charge is 2.35. The average molecular weight is 503 g/mol. The topological polar surface area (TPSA) is 25.8 Å². The van der Waals surface area contributed by atoms with Gasteiger partial charge in [-0.3, -0.25) is 0 Å². The maximum Gasteiger partial charge on any atom is 0.160 e. The lowest BCUT2D eigenvalue weighted by Gasteiger charge is -2.21. The Morgan fingerprint density at radius 2 is 1.24 bits per heavy atom. The van der Waals surface area contributed by atoms with Crippen LogP contribution >= 0.6 is 15.9 Å². The van der Waals surface area contributed by atoms with Crippen molar-refractivity contribution < 1.29 is 0 Å². The minimum atomic E-state index is -0.0152. The van der Waals surface area contributed by atoms with E-state index in [4.69, 9.17) is 9.97 Å². The SMILES string of the molecule is CC1(C)c2ccccc2-c2cc(-c3nc(-c4ccccc4)cc(-c4cccc(Br)c4)n3)ccc21. The molecule has 164 valence electrons. The normalized spacial score (nSPS) is 13.4. The van der Waals surface area contributed by atoms with E-state index in [9.17, 15) is 0 Å². The van der Waals surface area contributed by atoms with Gasteiger partial charge in [-0.15, -0.1) is 0 Å². The van der Waals surface area contributed by atoms with Gasteiger partial charge in [0.15, 0.2) is 5.82 Å². The van der Waals surface area contributed by atoms with Crippen LogP contribution in [0.3, 0.4) is 0 Å². The molecule has 3 heteroatoms. The summed E-state index contributed by atoms with van der Waals surface area (Å²) in [5.41, 5.74) is 10.3. The third-order valence-electron chi connectivity index (χ3n) is 6.76. The Bertz CT molecular complexity index is 1540. The maximum absolute atomic E-state index is 5.03. The number of hydrogen-bond donors (Lipinski definition) is 0. The van der Waals surface area contributed by atoms with Crippen LogP contribution in [0.4, 0.5) is 0 Å². The van der Waals surface area contributed by atoms with Crippen LogP contribution in [-0.2, 0) is 5.41 Å². The molecule has 0 N–H and O–H groups in total. The zero-order chi connectivity index (χ0) is 23.3. The molecule has 4 aromatic carbocycles. The molecule has 0 fully saturated rings. The lowest BCUT2D eigenvalue weighted by atomic mass is 9.82. The predicted molar refractivity (Wildman–Crippen MR) is 144 cm³/mol. The minimum absolute atomic E-state index is 0.0152. The molecule has 1 aromatic heterocycles. The molecule has 0 saturated carbocycles. The van der Waals surface area contributed by atoms with Gasteiger partial charge in [0.2, 0.25) is 0 Å². The number of nitrogens with zero attached hydrogens (tertiary/aromatic N) is 2. The summed E-state index contributed by atoms with van der Waals surface area (Å²) in [6.45, 7) is 4.60. The molecule has 0 atom stereocenters. The fourth-order valence-corrected chi connectivity index (χ4v) is 5.39. The van der Waals surface area contributed by atoms with E-state index in [2.05, 4.69) is 103 Å². The van der Waals surface area contributed by atoms with Crippen molar-refractivity contribution in [1.29, 1.82) is 0 Å². The first-order valence-electron chi connectivity index (χ1n) is 11.5. The van der Waals surface area contributed by atoms with E-state index in [1.165, 1.54) is 22.3 Å². The van der Waals surface area contributed by atoms with Crippen LogP contribution in [0.25, 0.3) is 45.0 Å². The summed E-state index contributed by atoms with van der Waals surface area (Å²) >= 11 is 3.60. The first-order chi connectivity index (χ1) is 16.5. The third kappa shape index (κ3) is 3.48. The van der Waals surface area contributed by atoms with Gasteiger partial charge in [0, 0.05) is 26.6 Å². The standard InChI is InChI=1S/C31H23BrN2/c1-31(2)26-14-7-6-13-24(26)25-18-22(15-16-27(25)31)30-33-28(20-9-4-3-5-10-20)19-29(34-30)21-11-8-12-23(32)17-21/h3-19H,1-2H3. The second-order valence-electron chi connectivity index (χ2n) is 9.27. The maximum atomic E-state index is 5.03. The molecule has 34 heavy (non-hydrogen) atoms. The molecule has 0 saturated heterocycles. The van der Waals surface area contributed by atoms with Crippen molar-refractivity contribution in [2.75, 3.05) is 0 Å². The van der Waals surface area contributed by atoms with Gasteiger partial charge in [-0.2, -0.15) is 0 Å². The van der Waals surface area contributed by atoms with Crippen molar-refractivity contribution in [3.05, 3.63) is 119 Å². The van der Waals surface area contributed by atoms with Crippen LogP contribution < -0.4 is 0 Å². The number of fused-ring (bicyclic) bond motifs is 3. The van der Waals surface area contributed by atoms with E-state index in [0.29, 0.717) is 0 Å². The van der Waals surface area contributed by atoms with Crippen molar-refractivity contribution in [2.45, 2.75) is 19.3 Å². The van der Waals surface area contributed by atoms with Gasteiger partial charge in [0.1, 0.15) is 0 Å². The summed E-state index contributed by atoms with van der Waals surface area (Å²) in [6.07, 6.45) is 0. The molecule has 5 aromatic rings. The smallest absolute Gasteiger partial charge is 0.160 e. The summed E-state index contributed by atoms with van der Waals surface area (Å²) in [5.74, 6) is 0.737. The zero-order valence-corrected chi connectivity index (χ0v) is 20.7. The Kier molecular flexibility index (Phi) is 4.96. The lowest BCUT2D eigenvalue weighted by Crippen LogP contribution is -2.14. The second-order valence-corrected chi connectivity index (χ2v) is 10.2. The molecule has 0 amide bonds. The molecular weight excluding hydrogens is 480 g/mol. The van der Waals surface area contributed by atoms with Gasteiger partial charge >= 0.3 is 0 Å². The fraction of sp³-hybridized carbons (Fsp3) is 0.0968. The number of rotatable bonds is 3. The van der Waals surface area contributed by atoms with Crippen molar-refractivity contribution in [1.82, 2.24) is 9.97 Å². The van der Waals surface area contributed by atoms with Crippen LogP contribution in [0, 0.1) is 0 Å². The molecule has 0 aliphatic heterocycles. The first-order valence-corrected chi connectivity index (χ1v) is 12.3. The lowest BCUT2D eigenvalue weighted by molar-refractivity contribution is 0.660. The van der Waals surface area contributed by atoms with Crippen LogP contribution in [0.2, 0.25) is 0 Å². The minimum Gasteiger partial charge on any atom is -0.228 e. The van der Waals surface area contributed by atoms with Gasteiger partial charge in [0.05, 0.1) is 11.4 Å². The van der Waals surface area contributed by atoms with Gasteiger partial charge in [0.25, 0.3) is 0 Å². The summed E-state index contributed by atoms with van der Waals surface area (Å²) in [7, 11) is 0. The average Bonchev–Trinajstić information content (AvgIpc) is 3.11. The largest absolute Gasteiger partial charge is 0.228 e. The Morgan fingerprint density at radius 3 is 2.03 bits per heavy atom. The van der Waals surface area contributed by atoms with Crippen LogP contribution in [0.15, 0.2) is 108 Å². The Balaban J connectivity index is 1.55. The fourth-order valence-electron chi connectivity index (χ4n) is 4.99. The van der Waals surface area contributed by atoms with Crippen molar-refractivity contribution in [3.63, 3.8) is 0 Å². The molecule has 2 nitrogen and oxygen atoms in total. The highest BCUT2D eigenvalue weighted by Crippen LogP contribution is 2.49. The van der Waals surface area contributed by atoms with E-state index in [0.717, 1.165) is 38.4 Å². The second kappa shape index (κ2) is 8.03. The van der Waals surface area contributed by atoms with Crippen LogP contribution in [0.1, 0.15) is 25.0 Å². The molecule has 0 unspecified atom stereocenters. The van der Waals surface area contributed by atoms with Gasteiger partial charge in [-0.05, 0) is 46.5 Å². The van der Waals surface area contributed by atoms with E-state index in [1.54, 1.807) is 0 Å². The third-order valence-corrected chi connectivity index (χ3v) is 7.25. The summed E-state index contributed by atoms with van der Waals surface area (Å²) in [4.78, 5) is 10.0. The predicted octanol–water partition coefficient (Wildman–Crippen LogP) is 8.55. The molecule has 1 aliphatic rings. The highest BCUT2D eigenvalue weighted by atomic mass is 79.9. The molecule has 6 rings (SSSR count). The van der Waals surface area contributed by atoms with Crippen LogP contribution in [-0.4, -0.2) is 9.97 Å². The van der Waals surface area contributed by atoms with E-state index in [1.807, 2.05) is 30.3 Å². The van der Waals surface area contributed by atoms with Crippen molar-refractivity contribution in [2.24, 2.45) is 0 Å². The highest BCUT2D eigenvalue weighted by molar-refractivity contribution is 9.10. The quantitative estimate of drug-likeness (QED) is 0.247. The molecule has 0 bridgehead atoms. The van der Waals surface area contributed by atoms with E-state index >= 15 is 0 Å². The Labute approximate surface area is 208 Å². The zero-order valence-electron chi connectivity index (χ0n) is 19.1.